The van der Waals surface area contributed by atoms with Crippen molar-refractivity contribution in [3.8, 4) is 0 Å². The molecule has 0 radical (unpaired) electrons. The van der Waals surface area contributed by atoms with E-state index in [0.717, 1.165) is 6.54 Å². The predicted octanol–water partition coefficient (Wildman–Crippen LogP) is 1.78. The SMILES string of the molecule is CC(CNC(C)(C)C)Cn1cccc([N+](=O)[O-])c1=O. The number of nitro groups is 1. The van der Waals surface area contributed by atoms with E-state index in [4.69, 9.17) is 0 Å². The lowest BCUT2D eigenvalue weighted by molar-refractivity contribution is -0.386. The standard InChI is InChI=1S/C13H21N3O3/c1-10(8-14-13(2,3)4)9-15-7-5-6-11(12(15)17)16(18)19/h5-7,10,14H,8-9H2,1-4H3. The van der Waals surface area contributed by atoms with Crippen molar-refractivity contribution in [1.29, 1.82) is 0 Å². The van der Waals surface area contributed by atoms with Crippen molar-refractivity contribution in [1.82, 2.24) is 9.88 Å². The lowest BCUT2D eigenvalue weighted by Gasteiger charge is -2.23. The van der Waals surface area contributed by atoms with Crippen molar-refractivity contribution in [3.05, 3.63) is 38.8 Å². The van der Waals surface area contributed by atoms with Crippen LogP contribution in [0.2, 0.25) is 0 Å². The fraction of sp³-hybridized carbons (Fsp3) is 0.615. The minimum Gasteiger partial charge on any atom is -0.312 e. The zero-order valence-corrected chi connectivity index (χ0v) is 11.8. The molecule has 0 aromatic carbocycles. The minimum absolute atomic E-state index is 0.0158. The predicted molar refractivity (Wildman–Crippen MR) is 74.3 cm³/mol. The minimum atomic E-state index is -0.642. The molecule has 1 aromatic heterocycles. The largest absolute Gasteiger partial charge is 0.334 e. The number of nitrogens with one attached hydrogen (secondary N) is 1. The van der Waals surface area contributed by atoms with Crippen LogP contribution in [0, 0.1) is 16.0 Å². The molecule has 1 unspecified atom stereocenters. The van der Waals surface area contributed by atoms with E-state index in [-0.39, 0.29) is 17.1 Å². The van der Waals surface area contributed by atoms with Crippen LogP contribution in [0.5, 0.6) is 0 Å². The Kier molecular flexibility index (Phi) is 4.83. The molecule has 1 atom stereocenters. The van der Waals surface area contributed by atoms with Crippen LogP contribution in [0.15, 0.2) is 23.1 Å². The van der Waals surface area contributed by atoms with Crippen LogP contribution >= 0.6 is 0 Å². The molecule has 0 aliphatic heterocycles. The highest BCUT2D eigenvalue weighted by molar-refractivity contribution is 5.25. The van der Waals surface area contributed by atoms with Gasteiger partial charge in [0.2, 0.25) is 0 Å². The Bertz CT molecular complexity index is 503. The molecule has 1 rings (SSSR count). The summed E-state index contributed by atoms with van der Waals surface area (Å²) in [6.07, 6.45) is 1.59. The van der Waals surface area contributed by atoms with E-state index >= 15 is 0 Å². The number of aromatic nitrogens is 1. The van der Waals surface area contributed by atoms with E-state index in [1.807, 2.05) is 6.92 Å². The smallest absolute Gasteiger partial charge is 0.312 e. The molecule has 106 valence electrons. The average Bonchev–Trinajstić information content (AvgIpc) is 2.28. The number of hydrogen-bond acceptors (Lipinski definition) is 4. The van der Waals surface area contributed by atoms with Crippen LogP contribution < -0.4 is 10.9 Å². The van der Waals surface area contributed by atoms with Gasteiger partial charge >= 0.3 is 11.2 Å². The molecular formula is C13H21N3O3. The van der Waals surface area contributed by atoms with Gasteiger partial charge in [0.15, 0.2) is 0 Å². The van der Waals surface area contributed by atoms with Gasteiger partial charge in [0.05, 0.1) is 4.92 Å². The van der Waals surface area contributed by atoms with Crippen LogP contribution in [0.1, 0.15) is 27.7 Å². The second-order valence-electron chi connectivity index (χ2n) is 5.84. The van der Waals surface area contributed by atoms with Crippen molar-refractivity contribution >= 4 is 5.69 Å². The van der Waals surface area contributed by atoms with E-state index in [2.05, 4.69) is 26.1 Å². The first-order valence-corrected chi connectivity index (χ1v) is 6.29. The molecule has 0 aliphatic rings. The fourth-order valence-electron chi connectivity index (χ4n) is 1.69. The zero-order valence-electron chi connectivity index (χ0n) is 11.8. The summed E-state index contributed by atoms with van der Waals surface area (Å²) in [6.45, 7) is 9.42. The lowest BCUT2D eigenvalue weighted by atomic mass is 10.1. The normalized spacial score (nSPS) is 13.3. The molecule has 0 fully saturated rings. The highest BCUT2D eigenvalue weighted by Gasteiger charge is 2.16. The van der Waals surface area contributed by atoms with E-state index in [1.54, 1.807) is 6.20 Å². The summed E-state index contributed by atoms with van der Waals surface area (Å²) >= 11 is 0. The van der Waals surface area contributed by atoms with Crippen LogP contribution in [-0.2, 0) is 6.54 Å². The van der Waals surface area contributed by atoms with Gasteiger partial charge in [-0.1, -0.05) is 6.92 Å². The molecule has 1 N–H and O–H groups in total. The molecule has 0 amide bonds. The first-order chi connectivity index (χ1) is 8.70. The van der Waals surface area contributed by atoms with Crippen molar-refractivity contribution in [2.45, 2.75) is 39.8 Å². The summed E-state index contributed by atoms with van der Waals surface area (Å²) in [6, 6.07) is 2.76. The van der Waals surface area contributed by atoms with Gasteiger partial charge in [-0.3, -0.25) is 14.9 Å². The first-order valence-electron chi connectivity index (χ1n) is 6.29. The Labute approximate surface area is 112 Å². The maximum atomic E-state index is 11.8. The quantitative estimate of drug-likeness (QED) is 0.651. The van der Waals surface area contributed by atoms with Gasteiger partial charge in [-0.05, 0) is 39.3 Å². The lowest BCUT2D eigenvalue weighted by Crippen LogP contribution is -2.40. The molecule has 0 saturated heterocycles. The van der Waals surface area contributed by atoms with Crippen LogP contribution in [0.3, 0.4) is 0 Å². The molecule has 0 aliphatic carbocycles. The highest BCUT2D eigenvalue weighted by atomic mass is 16.6. The van der Waals surface area contributed by atoms with Crippen LogP contribution in [0.25, 0.3) is 0 Å². The summed E-state index contributed by atoms with van der Waals surface area (Å²) in [4.78, 5) is 21.9. The zero-order chi connectivity index (χ0) is 14.6. The van der Waals surface area contributed by atoms with Gasteiger partial charge < -0.3 is 9.88 Å². The third kappa shape index (κ3) is 4.82. The maximum Gasteiger partial charge on any atom is 0.334 e. The Morgan fingerprint density at radius 1 is 1.47 bits per heavy atom. The van der Waals surface area contributed by atoms with Gasteiger partial charge in [0.1, 0.15) is 0 Å². The molecule has 19 heavy (non-hydrogen) atoms. The van der Waals surface area contributed by atoms with Gasteiger partial charge in [0, 0.05) is 24.3 Å². The first kappa shape index (κ1) is 15.4. The van der Waals surface area contributed by atoms with Crippen LogP contribution in [-0.4, -0.2) is 21.6 Å². The second kappa shape index (κ2) is 5.97. The molecule has 1 heterocycles. The van der Waals surface area contributed by atoms with Gasteiger partial charge in [0.25, 0.3) is 0 Å². The van der Waals surface area contributed by atoms with Crippen molar-refractivity contribution in [3.63, 3.8) is 0 Å². The topological polar surface area (TPSA) is 77.2 Å². The van der Waals surface area contributed by atoms with E-state index in [0.29, 0.717) is 6.54 Å². The molecule has 0 spiro atoms. The Morgan fingerprint density at radius 2 is 2.11 bits per heavy atom. The molecule has 0 bridgehead atoms. The number of rotatable bonds is 5. The third-order valence-electron chi connectivity index (χ3n) is 2.69. The Morgan fingerprint density at radius 3 is 2.63 bits per heavy atom. The Hall–Kier alpha value is -1.69. The average molecular weight is 267 g/mol. The van der Waals surface area contributed by atoms with E-state index in [9.17, 15) is 14.9 Å². The molecule has 1 aromatic rings. The molecule has 6 heteroatoms. The summed E-state index contributed by atoms with van der Waals surface area (Å²) < 4.78 is 1.40. The van der Waals surface area contributed by atoms with Crippen molar-refractivity contribution < 1.29 is 4.92 Å². The summed E-state index contributed by atoms with van der Waals surface area (Å²) in [5.74, 6) is 0.207. The van der Waals surface area contributed by atoms with Gasteiger partial charge in [-0.25, -0.2) is 0 Å². The van der Waals surface area contributed by atoms with Crippen molar-refractivity contribution in [2.24, 2.45) is 5.92 Å². The molecule has 6 nitrogen and oxygen atoms in total. The second-order valence-corrected chi connectivity index (χ2v) is 5.84. The van der Waals surface area contributed by atoms with Gasteiger partial charge in [-0.2, -0.15) is 0 Å². The Balaban J connectivity index is 2.75. The summed E-state index contributed by atoms with van der Waals surface area (Å²) in [7, 11) is 0. The monoisotopic (exact) mass is 267 g/mol. The maximum absolute atomic E-state index is 11.8. The number of pyridine rings is 1. The van der Waals surface area contributed by atoms with Gasteiger partial charge in [-0.15, -0.1) is 0 Å². The number of hydrogen-bond donors (Lipinski definition) is 1. The third-order valence-corrected chi connectivity index (χ3v) is 2.69. The van der Waals surface area contributed by atoms with E-state index < -0.39 is 10.5 Å². The fourth-order valence-corrected chi connectivity index (χ4v) is 1.69. The number of nitrogens with zero attached hydrogens (tertiary/aromatic N) is 2. The summed E-state index contributed by atoms with van der Waals surface area (Å²) in [5.41, 5.74) is -0.907. The summed E-state index contributed by atoms with van der Waals surface area (Å²) in [5, 5.41) is 14.0. The molecular weight excluding hydrogens is 246 g/mol. The van der Waals surface area contributed by atoms with Crippen LogP contribution in [0.4, 0.5) is 5.69 Å². The van der Waals surface area contributed by atoms with Crippen molar-refractivity contribution in [2.75, 3.05) is 6.54 Å². The molecule has 0 saturated carbocycles. The highest BCUT2D eigenvalue weighted by Crippen LogP contribution is 2.06. The van der Waals surface area contributed by atoms with E-state index in [1.165, 1.54) is 16.7 Å².